The predicted molar refractivity (Wildman–Crippen MR) is 74.3 cm³/mol. The molecule has 0 aliphatic rings. The fourth-order valence-corrected chi connectivity index (χ4v) is 2.12. The summed E-state index contributed by atoms with van der Waals surface area (Å²) in [6.07, 6.45) is 0. The standard InChI is InChI=1S/C15H17FN2O/c1-10-7-14(11(2)17-10)15(19)9-18(3)13-6-4-5-12(16)8-13/h4-8,17H,9H2,1-3H3. The first-order valence-electron chi connectivity index (χ1n) is 6.13. The lowest BCUT2D eigenvalue weighted by Crippen LogP contribution is -2.25. The fourth-order valence-electron chi connectivity index (χ4n) is 2.12. The van der Waals surface area contributed by atoms with Crippen molar-refractivity contribution in [3.05, 3.63) is 53.1 Å². The lowest BCUT2D eigenvalue weighted by Gasteiger charge is -2.18. The molecule has 0 radical (unpaired) electrons. The molecular formula is C15H17FN2O. The number of ketones is 1. The molecule has 0 fully saturated rings. The number of nitrogens with one attached hydrogen (secondary N) is 1. The molecule has 19 heavy (non-hydrogen) atoms. The Balaban J connectivity index is 2.13. The van der Waals surface area contributed by atoms with Crippen molar-refractivity contribution in [1.29, 1.82) is 0 Å². The predicted octanol–water partition coefficient (Wildman–Crippen LogP) is 3.09. The van der Waals surface area contributed by atoms with Gasteiger partial charge in [-0.15, -0.1) is 0 Å². The Morgan fingerprint density at radius 1 is 1.32 bits per heavy atom. The first kappa shape index (κ1) is 13.3. The molecule has 2 aromatic rings. The first-order chi connectivity index (χ1) is 8.97. The van der Waals surface area contributed by atoms with E-state index in [-0.39, 0.29) is 18.1 Å². The number of likely N-dealkylation sites (N-methyl/N-ethyl adjacent to an activating group) is 1. The van der Waals surface area contributed by atoms with Crippen LogP contribution in [0.5, 0.6) is 0 Å². The molecule has 0 aliphatic carbocycles. The Bertz CT molecular complexity index is 604. The van der Waals surface area contributed by atoms with E-state index in [0.717, 1.165) is 11.4 Å². The number of halogens is 1. The molecule has 1 aromatic heterocycles. The summed E-state index contributed by atoms with van der Waals surface area (Å²) in [5.41, 5.74) is 3.23. The van der Waals surface area contributed by atoms with Crippen molar-refractivity contribution in [3.63, 3.8) is 0 Å². The Kier molecular flexibility index (Phi) is 3.69. The van der Waals surface area contributed by atoms with Crippen LogP contribution in [0.2, 0.25) is 0 Å². The molecule has 2 rings (SSSR count). The van der Waals surface area contributed by atoms with E-state index in [0.29, 0.717) is 11.3 Å². The monoisotopic (exact) mass is 260 g/mol. The number of Topliss-reactive ketones (excluding diaryl/α,β-unsaturated/α-hetero) is 1. The molecule has 0 unspecified atom stereocenters. The number of hydrogen-bond acceptors (Lipinski definition) is 2. The van der Waals surface area contributed by atoms with E-state index in [1.165, 1.54) is 12.1 Å². The first-order valence-corrected chi connectivity index (χ1v) is 6.13. The zero-order valence-electron chi connectivity index (χ0n) is 11.3. The number of aromatic nitrogens is 1. The maximum absolute atomic E-state index is 13.1. The van der Waals surface area contributed by atoms with Crippen LogP contribution < -0.4 is 4.90 Å². The third-order valence-corrected chi connectivity index (χ3v) is 3.08. The summed E-state index contributed by atoms with van der Waals surface area (Å²) >= 11 is 0. The zero-order chi connectivity index (χ0) is 14.0. The molecule has 1 heterocycles. The molecule has 0 atom stereocenters. The van der Waals surface area contributed by atoms with Crippen LogP contribution in [0.15, 0.2) is 30.3 Å². The van der Waals surface area contributed by atoms with Gasteiger partial charge in [0.1, 0.15) is 5.82 Å². The summed E-state index contributed by atoms with van der Waals surface area (Å²) in [5.74, 6) is -0.279. The van der Waals surface area contributed by atoms with E-state index in [1.807, 2.05) is 19.9 Å². The Morgan fingerprint density at radius 3 is 2.63 bits per heavy atom. The van der Waals surface area contributed by atoms with Crippen LogP contribution in [0.4, 0.5) is 10.1 Å². The molecule has 3 nitrogen and oxygen atoms in total. The van der Waals surface area contributed by atoms with Gasteiger partial charge in [-0.05, 0) is 38.1 Å². The molecule has 0 amide bonds. The van der Waals surface area contributed by atoms with Crippen LogP contribution in [0.1, 0.15) is 21.7 Å². The largest absolute Gasteiger partial charge is 0.367 e. The quantitative estimate of drug-likeness (QED) is 0.857. The van der Waals surface area contributed by atoms with Gasteiger partial charge in [-0.2, -0.15) is 0 Å². The van der Waals surface area contributed by atoms with E-state index in [2.05, 4.69) is 4.98 Å². The molecule has 0 saturated carbocycles. The zero-order valence-corrected chi connectivity index (χ0v) is 11.3. The van der Waals surface area contributed by atoms with Gasteiger partial charge in [0.15, 0.2) is 5.78 Å². The van der Waals surface area contributed by atoms with Crippen LogP contribution in [-0.4, -0.2) is 24.4 Å². The number of anilines is 1. The van der Waals surface area contributed by atoms with Crippen LogP contribution in [0, 0.1) is 19.7 Å². The van der Waals surface area contributed by atoms with E-state index in [9.17, 15) is 9.18 Å². The molecular weight excluding hydrogens is 243 g/mol. The number of benzene rings is 1. The lowest BCUT2D eigenvalue weighted by atomic mass is 10.1. The van der Waals surface area contributed by atoms with Gasteiger partial charge in [0.2, 0.25) is 0 Å². The number of carbonyl (C=O) groups is 1. The highest BCUT2D eigenvalue weighted by atomic mass is 19.1. The maximum Gasteiger partial charge on any atom is 0.183 e. The number of H-pyrrole nitrogens is 1. The minimum atomic E-state index is -0.300. The van der Waals surface area contributed by atoms with Gasteiger partial charge in [0.05, 0.1) is 6.54 Å². The van der Waals surface area contributed by atoms with Crippen molar-refractivity contribution in [1.82, 2.24) is 4.98 Å². The van der Waals surface area contributed by atoms with Gasteiger partial charge in [-0.1, -0.05) is 6.07 Å². The second kappa shape index (κ2) is 5.26. The summed E-state index contributed by atoms with van der Waals surface area (Å²) in [6.45, 7) is 4.02. The molecule has 0 spiro atoms. The fraction of sp³-hybridized carbons (Fsp3) is 0.267. The number of nitrogens with zero attached hydrogens (tertiary/aromatic N) is 1. The van der Waals surface area contributed by atoms with Gasteiger partial charge in [0.25, 0.3) is 0 Å². The molecule has 4 heteroatoms. The van der Waals surface area contributed by atoms with Crippen molar-refractivity contribution >= 4 is 11.5 Å². The van der Waals surface area contributed by atoms with Crippen molar-refractivity contribution < 1.29 is 9.18 Å². The summed E-state index contributed by atoms with van der Waals surface area (Å²) in [7, 11) is 1.78. The summed E-state index contributed by atoms with van der Waals surface area (Å²) < 4.78 is 13.1. The smallest absolute Gasteiger partial charge is 0.183 e. The van der Waals surface area contributed by atoms with Crippen molar-refractivity contribution in [3.8, 4) is 0 Å². The Labute approximate surface area is 112 Å². The normalized spacial score (nSPS) is 10.5. The Hall–Kier alpha value is -2.10. The minimum Gasteiger partial charge on any atom is -0.367 e. The third kappa shape index (κ3) is 3.02. The molecule has 100 valence electrons. The third-order valence-electron chi connectivity index (χ3n) is 3.08. The van der Waals surface area contributed by atoms with E-state index in [1.54, 1.807) is 24.1 Å². The van der Waals surface area contributed by atoms with Crippen LogP contribution >= 0.6 is 0 Å². The van der Waals surface area contributed by atoms with E-state index < -0.39 is 0 Å². The summed E-state index contributed by atoms with van der Waals surface area (Å²) in [4.78, 5) is 17.0. The average Bonchev–Trinajstić information content (AvgIpc) is 2.68. The lowest BCUT2D eigenvalue weighted by molar-refractivity contribution is 0.1000. The number of hydrogen-bond donors (Lipinski definition) is 1. The highest BCUT2D eigenvalue weighted by molar-refractivity contribution is 6.00. The van der Waals surface area contributed by atoms with Gasteiger partial charge in [0, 0.05) is 29.7 Å². The van der Waals surface area contributed by atoms with Gasteiger partial charge in [-0.3, -0.25) is 4.79 Å². The molecule has 0 bridgehead atoms. The average molecular weight is 260 g/mol. The Morgan fingerprint density at radius 2 is 2.05 bits per heavy atom. The molecule has 1 N–H and O–H groups in total. The van der Waals surface area contributed by atoms with Crippen LogP contribution in [0.3, 0.4) is 0 Å². The highest BCUT2D eigenvalue weighted by Crippen LogP contribution is 2.16. The number of aryl methyl sites for hydroxylation is 2. The summed E-state index contributed by atoms with van der Waals surface area (Å²) in [5, 5.41) is 0. The van der Waals surface area contributed by atoms with Gasteiger partial charge >= 0.3 is 0 Å². The number of aromatic amines is 1. The molecule has 0 saturated heterocycles. The van der Waals surface area contributed by atoms with Crippen molar-refractivity contribution in [2.75, 3.05) is 18.5 Å². The second-order valence-electron chi connectivity index (χ2n) is 4.75. The SMILES string of the molecule is Cc1cc(C(=O)CN(C)c2cccc(F)c2)c(C)[nH]1. The summed E-state index contributed by atoms with van der Waals surface area (Å²) in [6, 6.07) is 8.07. The van der Waals surface area contributed by atoms with Crippen molar-refractivity contribution in [2.24, 2.45) is 0 Å². The van der Waals surface area contributed by atoms with E-state index >= 15 is 0 Å². The second-order valence-corrected chi connectivity index (χ2v) is 4.75. The maximum atomic E-state index is 13.1. The van der Waals surface area contributed by atoms with Crippen molar-refractivity contribution in [2.45, 2.75) is 13.8 Å². The molecule has 0 aliphatic heterocycles. The molecule has 1 aromatic carbocycles. The number of rotatable bonds is 4. The highest BCUT2D eigenvalue weighted by Gasteiger charge is 2.14. The van der Waals surface area contributed by atoms with Gasteiger partial charge < -0.3 is 9.88 Å². The minimum absolute atomic E-state index is 0.0219. The number of carbonyl (C=O) groups excluding carboxylic acids is 1. The van der Waals surface area contributed by atoms with Crippen LogP contribution in [-0.2, 0) is 0 Å². The van der Waals surface area contributed by atoms with Gasteiger partial charge in [-0.25, -0.2) is 4.39 Å². The van der Waals surface area contributed by atoms with E-state index in [4.69, 9.17) is 0 Å². The van der Waals surface area contributed by atoms with Crippen LogP contribution in [0.25, 0.3) is 0 Å². The topological polar surface area (TPSA) is 36.1 Å².